The van der Waals surface area contributed by atoms with Gasteiger partial charge in [0.2, 0.25) is 11.9 Å². The first-order valence-corrected chi connectivity index (χ1v) is 11.3. The Morgan fingerprint density at radius 2 is 1.16 bits per heavy atom. The smallest absolute Gasteiger partial charge is 0.464 e. The standard InChI is InChI=1S/C16H33N5O4Si.6CH4/c1-7-21(8-2)15-18-14(19-16(20-15)22-9-3)17-13-26(23-10-4,24-11-5)25-12-6;;;;;;/h7-13H2,1-6H3,(H,17,18,19,20);6*1H4. The Morgan fingerprint density at radius 1 is 0.688 bits per heavy atom. The van der Waals surface area contributed by atoms with Crippen molar-refractivity contribution < 1.29 is 18.0 Å². The summed E-state index contributed by atoms with van der Waals surface area (Å²) in [5.41, 5.74) is 0. The summed E-state index contributed by atoms with van der Waals surface area (Å²) in [5, 5.41) is 3.20. The minimum atomic E-state index is -2.84. The molecule has 0 unspecified atom stereocenters. The van der Waals surface area contributed by atoms with Gasteiger partial charge in [0.25, 0.3) is 0 Å². The van der Waals surface area contributed by atoms with Crippen LogP contribution in [0.3, 0.4) is 0 Å². The Labute approximate surface area is 202 Å². The van der Waals surface area contributed by atoms with Crippen molar-refractivity contribution in [2.24, 2.45) is 0 Å². The summed E-state index contributed by atoms with van der Waals surface area (Å²) >= 11 is 0. The molecule has 1 heterocycles. The van der Waals surface area contributed by atoms with Crippen LogP contribution in [0.4, 0.5) is 11.9 Å². The van der Waals surface area contributed by atoms with Crippen LogP contribution in [0.1, 0.15) is 86.1 Å². The molecule has 0 aliphatic rings. The van der Waals surface area contributed by atoms with Crippen molar-refractivity contribution in [2.75, 3.05) is 55.9 Å². The van der Waals surface area contributed by atoms with Crippen LogP contribution >= 0.6 is 0 Å². The third kappa shape index (κ3) is 13.8. The minimum absolute atomic E-state index is 0. The normalized spacial score (nSPS) is 9.31. The Balaban J connectivity index is -0.000000282. The molecule has 0 aromatic carbocycles. The van der Waals surface area contributed by atoms with E-state index in [4.69, 9.17) is 18.0 Å². The van der Waals surface area contributed by atoms with Crippen LogP contribution in [-0.2, 0) is 13.3 Å². The molecule has 0 aliphatic carbocycles. The molecule has 1 aromatic rings. The quantitative estimate of drug-likeness (QED) is 0.323. The molecule has 1 rings (SSSR count). The zero-order valence-corrected chi connectivity index (χ0v) is 17.9. The Hall–Kier alpha value is -1.49. The van der Waals surface area contributed by atoms with E-state index >= 15 is 0 Å². The second kappa shape index (κ2) is 24.2. The highest BCUT2D eigenvalue weighted by molar-refractivity contribution is 6.61. The van der Waals surface area contributed by atoms with Gasteiger partial charge in [0, 0.05) is 32.9 Å². The lowest BCUT2D eigenvalue weighted by atomic mass is 10.5. The second-order valence-corrected chi connectivity index (χ2v) is 7.77. The average molecular weight is 484 g/mol. The molecule has 0 amide bonds. The van der Waals surface area contributed by atoms with Gasteiger partial charge >= 0.3 is 14.8 Å². The van der Waals surface area contributed by atoms with Gasteiger partial charge in [-0.25, -0.2) is 0 Å². The first kappa shape index (κ1) is 44.2. The number of hydrogen-bond donors (Lipinski definition) is 1. The monoisotopic (exact) mass is 483 g/mol. The van der Waals surface area contributed by atoms with Gasteiger partial charge in [-0.2, -0.15) is 15.0 Å². The van der Waals surface area contributed by atoms with Crippen molar-refractivity contribution in [3.8, 4) is 6.01 Å². The Morgan fingerprint density at radius 3 is 1.53 bits per heavy atom. The molecule has 198 valence electrons. The van der Waals surface area contributed by atoms with Gasteiger partial charge < -0.3 is 28.2 Å². The molecule has 0 atom stereocenters. The maximum Gasteiger partial charge on any atom is 0.521 e. The number of rotatable bonds is 14. The van der Waals surface area contributed by atoms with Crippen LogP contribution < -0.4 is 15.0 Å². The highest BCUT2D eigenvalue weighted by atomic mass is 28.4. The molecule has 0 saturated heterocycles. The molecule has 0 spiro atoms. The van der Waals surface area contributed by atoms with Crippen LogP contribution in [0.25, 0.3) is 0 Å². The van der Waals surface area contributed by atoms with Crippen molar-refractivity contribution >= 4 is 20.7 Å². The average Bonchev–Trinajstić information content (AvgIpc) is 2.62. The first-order valence-electron chi connectivity index (χ1n) is 9.37. The van der Waals surface area contributed by atoms with Crippen molar-refractivity contribution in [1.29, 1.82) is 0 Å². The van der Waals surface area contributed by atoms with Crippen LogP contribution in [0.2, 0.25) is 0 Å². The minimum Gasteiger partial charge on any atom is -0.464 e. The first-order chi connectivity index (χ1) is 12.6. The highest BCUT2D eigenvalue weighted by Crippen LogP contribution is 2.17. The number of anilines is 2. The Bertz CT molecular complexity index is 506. The fraction of sp³-hybridized carbons (Fsp3) is 0.864. The number of nitrogens with zero attached hydrogens (tertiary/aromatic N) is 4. The molecule has 1 N–H and O–H groups in total. The lowest BCUT2D eigenvalue weighted by Crippen LogP contribution is -2.52. The zero-order chi connectivity index (χ0) is 19.4. The van der Waals surface area contributed by atoms with Gasteiger partial charge in [-0.3, -0.25) is 0 Å². The summed E-state index contributed by atoms with van der Waals surface area (Å²) < 4.78 is 23.0. The predicted molar refractivity (Wildman–Crippen MR) is 144 cm³/mol. The summed E-state index contributed by atoms with van der Waals surface area (Å²) in [5.74, 6) is 0.994. The van der Waals surface area contributed by atoms with E-state index in [0.717, 1.165) is 13.1 Å². The summed E-state index contributed by atoms with van der Waals surface area (Å²) in [6, 6.07) is 0.295. The van der Waals surface area contributed by atoms with Crippen LogP contribution in [0.5, 0.6) is 6.01 Å². The number of aromatic nitrogens is 3. The molecule has 10 heteroatoms. The summed E-state index contributed by atoms with van der Waals surface area (Å²) in [6.45, 7) is 15.4. The highest BCUT2D eigenvalue weighted by Gasteiger charge is 2.40. The van der Waals surface area contributed by atoms with Gasteiger partial charge in [0.15, 0.2) is 0 Å². The van der Waals surface area contributed by atoms with E-state index in [1.807, 2.05) is 32.6 Å². The summed E-state index contributed by atoms with van der Waals surface area (Å²) in [4.78, 5) is 15.3. The number of ether oxygens (including phenoxy) is 1. The molecule has 0 fully saturated rings. The second-order valence-electron chi connectivity index (χ2n) is 5.18. The van der Waals surface area contributed by atoms with Crippen molar-refractivity contribution in [1.82, 2.24) is 15.0 Å². The lowest BCUT2D eigenvalue weighted by molar-refractivity contribution is 0.0740. The summed E-state index contributed by atoms with van der Waals surface area (Å²) in [7, 11) is -2.84. The zero-order valence-electron chi connectivity index (χ0n) is 16.9. The maximum absolute atomic E-state index is 5.85. The fourth-order valence-electron chi connectivity index (χ4n) is 2.39. The molecular weight excluding hydrogens is 426 g/mol. The lowest BCUT2D eigenvalue weighted by Gasteiger charge is -2.28. The van der Waals surface area contributed by atoms with Gasteiger partial charge in [-0.05, 0) is 41.5 Å². The van der Waals surface area contributed by atoms with E-state index in [1.165, 1.54) is 0 Å². The fourth-order valence-corrected chi connectivity index (χ4v) is 4.64. The number of hydrogen-bond acceptors (Lipinski definition) is 9. The molecule has 1 aromatic heterocycles. The van der Waals surface area contributed by atoms with Crippen LogP contribution in [-0.4, -0.2) is 69.4 Å². The van der Waals surface area contributed by atoms with Gasteiger partial charge in [-0.15, -0.1) is 0 Å². The molecule has 0 radical (unpaired) electrons. The van der Waals surface area contributed by atoms with E-state index in [2.05, 4.69) is 34.1 Å². The van der Waals surface area contributed by atoms with Gasteiger partial charge in [0.05, 0.1) is 12.8 Å². The molecule has 0 aliphatic heterocycles. The van der Waals surface area contributed by atoms with E-state index in [1.54, 1.807) is 0 Å². The van der Waals surface area contributed by atoms with Gasteiger partial charge in [-0.1, -0.05) is 44.6 Å². The Kier molecular flexibility index (Phi) is 33.4. The van der Waals surface area contributed by atoms with Gasteiger partial charge in [0.1, 0.15) is 0 Å². The molecule has 9 nitrogen and oxygen atoms in total. The predicted octanol–water partition coefficient (Wildman–Crippen LogP) is 5.93. The van der Waals surface area contributed by atoms with Crippen molar-refractivity contribution in [3.05, 3.63) is 0 Å². The van der Waals surface area contributed by atoms with Crippen LogP contribution in [0.15, 0.2) is 0 Å². The summed E-state index contributed by atoms with van der Waals surface area (Å²) in [6.07, 6.45) is 0.371. The molecule has 0 bridgehead atoms. The number of nitrogens with one attached hydrogen (secondary N) is 1. The van der Waals surface area contributed by atoms with Crippen LogP contribution in [0, 0.1) is 0 Å². The molecule has 0 saturated carbocycles. The van der Waals surface area contributed by atoms with Crippen molar-refractivity contribution in [2.45, 2.75) is 86.1 Å². The third-order valence-electron chi connectivity index (χ3n) is 3.48. The van der Waals surface area contributed by atoms with E-state index in [-0.39, 0.29) is 44.6 Å². The third-order valence-corrected chi connectivity index (χ3v) is 6.27. The van der Waals surface area contributed by atoms with E-state index < -0.39 is 8.80 Å². The van der Waals surface area contributed by atoms with Crippen molar-refractivity contribution in [3.63, 3.8) is 0 Å². The SMILES string of the molecule is C.C.C.C.C.C.CCOc1nc(NC[Si](OCC)(OCC)OCC)nc(N(CC)CC)n1. The molecule has 32 heavy (non-hydrogen) atoms. The topological polar surface area (TPSA) is 90.9 Å². The maximum atomic E-state index is 5.85. The van der Waals surface area contributed by atoms with E-state index in [0.29, 0.717) is 50.5 Å². The molecular formula is C22H57N5O4Si. The largest absolute Gasteiger partial charge is 0.521 e. The van der Waals surface area contributed by atoms with E-state index in [9.17, 15) is 0 Å².